The molecule has 1 aliphatic rings. The Morgan fingerprint density at radius 2 is 2.09 bits per heavy atom. The third-order valence-electron chi connectivity index (χ3n) is 3.16. The van der Waals surface area contributed by atoms with Gasteiger partial charge in [-0.15, -0.1) is 0 Å². The Kier molecular flexibility index (Phi) is 4.22. The van der Waals surface area contributed by atoms with Crippen molar-refractivity contribution in [3.05, 3.63) is 64.8 Å². The monoisotopic (exact) mass is 328 g/mol. The third-order valence-corrected chi connectivity index (χ3v) is 4.54. The fraction of sp³-hybridized carbons (Fsp3) is 0.0625. The number of carbonyl (C=O) groups is 1. The minimum atomic E-state index is -0.151. The average molecular weight is 328 g/mol. The van der Waals surface area contributed by atoms with Crippen molar-refractivity contribution >= 4 is 40.3 Å². The molecule has 110 valence electrons. The number of phenols is 1. The maximum atomic E-state index is 12.5. The Bertz CT molecular complexity index is 760. The molecular formula is C16H12N2O2S2. The van der Waals surface area contributed by atoms with Crippen molar-refractivity contribution in [2.24, 2.45) is 0 Å². The number of aromatic nitrogens is 1. The quantitative estimate of drug-likeness (QED) is 0.693. The molecule has 1 fully saturated rings. The average Bonchev–Trinajstić information content (AvgIpc) is 2.78. The summed E-state index contributed by atoms with van der Waals surface area (Å²) in [7, 11) is 0. The van der Waals surface area contributed by atoms with Gasteiger partial charge in [-0.2, -0.15) is 0 Å². The van der Waals surface area contributed by atoms with Gasteiger partial charge in [-0.25, -0.2) is 0 Å². The molecule has 0 aliphatic carbocycles. The molecular weight excluding hydrogens is 316 g/mol. The first-order valence-corrected chi connectivity index (χ1v) is 7.80. The van der Waals surface area contributed by atoms with E-state index in [-0.39, 0.29) is 11.7 Å². The molecule has 0 bridgehead atoms. The van der Waals surface area contributed by atoms with Gasteiger partial charge in [0.15, 0.2) is 0 Å². The summed E-state index contributed by atoms with van der Waals surface area (Å²) in [6.07, 6.45) is 5.06. The molecule has 2 aromatic rings. The second kappa shape index (κ2) is 6.29. The van der Waals surface area contributed by atoms with Crippen LogP contribution in [0.3, 0.4) is 0 Å². The standard InChI is InChI=1S/C16H12N2O2S2/c19-13-6-2-1-5-12(13)8-14-15(20)18(16(21)22-14)10-11-4-3-7-17-9-11/h1-9,19H,10H2. The van der Waals surface area contributed by atoms with Gasteiger partial charge in [-0.3, -0.25) is 14.7 Å². The molecule has 0 saturated carbocycles. The molecule has 0 spiro atoms. The van der Waals surface area contributed by atoms with Crippen LogP contribution < -0.4 is 0 Å². The van der Waals surface area contributed by atoms with Gasteiger partial charge in [0.05, 0.1) is 11.4 Å². The molecule has 1 aromatic carbocycles. The number of nitrogens with zero attached hydrogens (tertiary/aromatic N) is 2. The summed E-state index contributed by atoms with van der Waals surface area (Å²) in [5.74, 6) is -0.0119. The van der Waals surface area contributed by atoms with E-state index in [1.165, 1.54) is 11.8 Å². The SMILES string of the molecule is O=C1C(=Cc2ccccc2O)SC(=S)N1Cc1cccnc1. The fourth-order valence-corrected chi connectivity index (χ4v) is 3.31. The predicted octanol–water partition coefficient (Wildman–Crippen LogP) is 3.19. The summed E-state index contributed by atoms with van der Waals surface area (Å²) >= 11 is 6.53. The van der Waals surface area contributed by atoms with E-state index in [0.717, 1.165) is 5.56 Å². The lowest BCUT2D eigenvalue weighted by Gasteiger charge is -2.13. The van der Waals surface area contributed by atoms with Gasteiger partial charge in [-0.05, 0) is 23.8 Å². The fourth-order valence-electron chi connectivity index (χ4n) is 2.06. The van der Waals surface area contributed by atoms with E-state index in [9.17, 15) is 9.90 Å². The lowest BCUT2D eigenvalue weighted by Crippen LogP contribution is -2.27. The van der Waals surface area contributed by atoms with Gasteiger partial charge in [0.1, 0.15) is 10.1 Å². The highest BCUT2D eigenvalue weighted by molar-refractivity contribution is 8.26. The van der Waals surface area contributed by atoms with Crippen LogP contribution in [0.15, 0.2) is 53.7 Å². The number of hydrogen-bond acceptors (Lipinski definition) is 5. The molecule has 1 N–H and O–H groups in total. The van der Waals surface area contributed by atoms with E-state index in [4.69, 9.17) is 12.2 Å². The van der Waals surface area contributed by atoms with Gasteiger partial charge in [0, 0.05) is 18.0 Å². The summed E-state index contributed by atoms with van der Waals surface area (Å²) in [5.41, 5.74) is 1.52. The number of carbonyl (C=O) groups excluding carboxylic acids is 1. The lowest BCUT2D eigenvalue weighted by molar-refractivity contribution is -0.122. The number of para-hydroxylation sites is 1. The summed E-state index contributed by atoms with van der Waals surface area (Å²) in [5, 5.41) is 9.80. The molecule has 0 radical (unpaired) electrons. The van der Waals surface area contributed by atoms with Crippen LogP contribution in [0.2, 0.25) is 0 Å². The number of pyridine rings is 1. The summed E-state index contributed by atoms with van der Waals surface area (Å²) < 4.78 is 0.510. The van der Waals surface area contributed by atoms with Gasteiger partial charge < -0.3 is 5.11 Å². The summed E-state index contributed by atoms with van der Waals surface area (Å²) in [6, 6.07) is 10.6. The minimum Gasteiger partial charge on any atom is -0.507 e. The van der Waals surface area contributed by atoms with Crippen LogP contribution in [-0.4, -0.2) is 25.2 Å². The molecule has 1 saturated heterocycles. The number of rotatable bonds is 3. The number of hydrogen-bond donors (Lipinski definition) is 1. The number of thiocarbonyl (C=S) groups is 1. The van der Waals surface area contributed by atoms with Crippen LogP contribution in [0.25, 0.3) is 6.08 Å². The Morgan fingerprint density at radius 1 is 1.27 bits per heavy atom. The van der Waals surface area contributed by atoms with Crippen LogP contribution in [0.4, 0.5) is 0 Å². The number of amides is 1. The molecule has 1 aliphatic heterocycles. The zero-order valence-corrected chi connectivity index (χ0v) is 13.1. The van der Waals surface area contributed by atoms with Crippen molar-refractivity contribution < 1.29 is 9.90 Å². The molecule has 0 unspecified atom stereocenters. The summed E-state index contributed by atoms with van der Waals surface area (Å²) in [4.78, 5) is 18.6. The minimum absolute atomic E-state index is 0.139. The molecule has 22 heavy (non-hydrogen) atoms. The number of thioether (sulfide) groups is 1. The van der Waals surface area contributed by atoms with E-state index in [2.05, 4.69) is 4.98 Å². The predicted molar refractivity (Wildman–Crippen MR) is 91.1 cm³/mol. The van der Waals surface area contributed by atoms with Crippen molar-refractivity contribution in [2.45, 2.75) is 6.54 Å². The van der Waals surface area contributed by atoms with E-state index in [1.807, 2.05) is 18.2 Å². The number of phenolic OH excluding ortho intramolecular Hbond substituents is 1. The first-order valence-electron chi connectivity index (χ1n) is 6.57. The Morgan fingerprint density at radius 3 is 2.82 bits per heavy atom. The van der Waals surface area contributed by atoms with Crippen molar-refractivity contribution in [3.8, 4) is 5.75 Å². The molecule has 6 heteroatoms. The Hall–Kier alpha value is -2.18. The second-order valence-electron chi connectivity index (χ2n) is 4.69. The third kappa shape index (κ3) is 3.03. The van der Waals surface area contributed by atoms with Gasteiger partial charge in [0.25, 0.3) is 5.91 Å². The molecule has 3 rings (SSSR count). The van der Waals surface area contributed by atoms with Crippen LogP contribution in [-0.2, 0) is 11.3 Å². The lowest BCUT2D eigenvalue weighted by atomic mass is 10.2. The zero-order valence-electron chi connectivity index (χ0n) is 11.5. The van der Waals surface area contributed by atoms with E-state index < -0.39 is 0 Å². The highest BCUT2D eigenvalue weighted by Gasteiger charge is 2.32. The molecule has 2 heterocycles. The smallest absolute Gasteiger partial charge is 0.266 e. The van der Waals surface area contributed by atoms with Crippen molar-refractivity contribution in [1.29, 1.82) is 0 Å². The summed E-state index contributed by atoms with van der Waals surface area (Å²) in [6.45, 7) is 0.399. The van der Waals surface area contributed by atoms with Crippen LogP contribution in [0.5, 0.6) is 5.75 Å². The van der Waals surface area contributed by atoms with Gasteiger partial charge in [0.2, 0.25) is 0 Å². The van der Waals surface area contributed by atoms with Crippen LogP contribution >= 0.6 is 24.0 Å². The van der Waals surface area contributed by atoms with Gasteiger partial charge >= 0.3 is 0 Å². The Balaban J connectivity index is 1.84. The van der Waals surface area contributed by atoms with Crippen molar-refractivity contribution in [1.82, 2.24) is 9.88 Å². The van der Waals surface area contributed by atoms with E-state index >= 15 is 0 Å². The van der Waals surface area contributed by atoms with Crippen LogP contribution in [0.1, 0.15) is 11.1 Å². The van der Waals surface area contributed by atoms with E-state index in [1.54, 1.807) is 41.6 Å². The largest absolute Gasteiger partial charge is 0.507 e. The normalized spacial score (nSPS) is 16.5. The van der Waals surface area contributed by atoms with Crippen molar-refractivity contribution in [2.75, 3.05) is 0 Å². The highest BCUT2D eigenvalue weighted by atomic mass is 32.2. The first kappa shape index (κ1) is 14.7. The molecule has 0 atom stereocenters. The van der Waals surface area contributed by atoms with E-state index in [0.29, 0.717) is 21.3 Å². The number of aromatic hydroxyl groups is 1. The number of benzene rings is 1. The van der Waals surface area contributed by atoms with Gasteiger partial charge in [-0.1, -0.05) is 48.2 Å². The topological polar surface area (TPSA) is 53.4 Å². The van der Waals surface area contributed by atoms with Crippen LogP contribution in [0, 0.1) is 0 Å². The van der Waals surface area contributed by atoms with Crippen molar-refractivity contribution in [3.63, 3.8) is 0 Å². The second-order valence-corrected chi connectivity index (χ2v) is 6.36. The maximum absolute atomic E-state index is 12.5. The first-order chi connectivity index (χ1) is 10.6. The highest BCUT2D eigenvalue weighted by Crippen LogP contribution is 2.34. The molecule has 4 nitrogen and oxygen atoms in total. The molecule has 1 aromatic heterocycles. The maximum Gasteiger partial charge on any atom is 0.266 e. The zero-order chi connectivity index (χ0) is 15.5. The molecule has 1 amide bonds. The Labute approximate surface area is 137 Å².